The Morgan fingerprint density at radius 1 is 1.33 bits per heavy atom. The van der Waals surface area contributed by atoms with E-state index in [0.717, 1.165) is 0 Å². The smallest absolute Gasteiger partial charge is 0.325 e. The highest BCUT2D eigenvalue weighted by atomic mass is 127. The van der Waals surface area contributed by atoms with Gasteiger partial charge in [0.25, 0.3) is 0 Å². The number of halogens is 2. The summed E-state index contributed by atoms with van der Waals surface area (Å²) < 4.78 is 0.716. The molecule has 6 nitrogen and oxygen atoms in total. The van der Waals surface area contributed by atoms with Crippen molar-refractivity contribution < 1.29 is 19.5 Å². The summed E-state index contributed by atoms with van der Waals surface area (Å²) in [5.74, 6) is -1.77. The highest BCUT2D eigenvalue weighted by molar-refractivity contribution is 14.1. The molecular formula is C13H14ClIN2O4. The molecule has 0 aliphatic carbocycles. The van der Waals surface area contributed by atoms with Gasteiger partial charge in [-0.2, -0.15) is 0 Å². The van der Waals surface area contributed by atoms with E-state index in [4.69, 9.17) is 16.7 Å². The molecule has 0 bridgehead atoms. The van der Waals surface area contributed by atoms with Crippen LogP contribution in [0.25, 0.3) is 0 Å². The van der Waals surface area contributed by atoms with Gasteiger partial charge in [0.2, 0.25) is 5.91 Å². The maximum atomic E-state index is 11.7. The van der Waals surface area contributed by atoms with Gasteiger partial charge >= 0.3 is 12.0 Å². The topological polar surface area (TPSA) is 95.5 Å². The van der Waals surface area contributed by atoms with Crippen molar-refractivity contribution in [1.82, 2.24) is 5.32 Å². The first-order valence-electron chi connectivity index (χ1n) is 5.91. The summed E-state index contributed by atoms with van der Waals surface area (Å²) >= 11 is 7.79. The number of hydrogen-bond acceptors (Lipinski definition) is 3. The Morgan fingerprint density at radius 3 is 2.48 bits per heavy atom. The fraction of sp³-hybridized carbons (Fsp3) is 0.308. The summed E-state index contributed by atoms with van der Waals surface area (Å²) in [4.78, 5) is 34.2. The molecule has 1 rings (SSSR count). The quantitative estimate of drug-likeness (QED) is 0.647. The van der Waals surface area contributed by atoms with E-state index < -0.39 is 23.3 Å². The largest absolute Gasteiger partial charge is 0.481 e. The van der Waals surface area contributed by atoms with Crippen molar-refractivity contribution in [3.63, 3.8) is 0 Å². The Morgan fingerprint density at radius 2 is 1.95 bits per heavy atom. The molecule has 0 unspecified atom stereocenters. The monoisotopic (exact) mass is 424 g/mol. The van der Waals surface area contributed by atoms with Crippen LogP contribution >= 0.6 is 34.2 Å². The first-order chi connectivity index (χ1) is 9.61. The lowest BCUT2D eigenvalue weighted by Gasteiger charge is -2.18. The van der Waals surface area contributed by atoms with E-state index >= 15 is 0 Å². The number of carboxylic acid groups (broad SMARTS) is 1. The summed E-state index contributed by atoms with van der Waals surface area (Å²) in [7, 11) is 0. The first-order valence-corrected chi connectivity index (χ1v) is 7.37. The van der Waals surface area contributed by atoms with E-state index in [1.807, 2.05) is 22.6 Å². The average Bonchev–Trinajstić information content (AvgIpc) is 2.31. The van der Waals surface area contributed by atoms with E-state index in [2.05, 4.69) is 10.6 Å². The number of benzene rings is 1. The normalized spacial score (nSPS) is 10.9. The van der Waals surface area contributed by atoms with Gasteiger partial charge in [-0.3, -0.25) is 14.9 Å². The molecule has 1 aromatic rings. The second-order valence-corrected chi connectivity index (χ2v) is 6.59. The molecule has 0 atom stereocenters. The molecule has 0 fully saturated rings. The van der Waals surface area contributed by atoms with Gasteiger partial charge in [-0.15, -0.1) is 0 Å². The number of nitrogens with one attached hydrogen (secondary N) is 2. The van der Waals surface area contributed by atoms with Crippen molar-refractivity contribution in [3.05, 3.63) is 26.8 Å². The molecule has 0 aromatic heterocycles. The predicted octanol–water partition coefficient (Wildman–Crippen LogP) is 3.09. The molecule has 0 heterocycles. The number of anilines is 1. The predicted molar refractivity (Wildman–Crippen MR) is 87.4 cm³/mol. The number of aliphatic carboxylic acids is 1. The highest BCUT2D eigenvalue weighted by Gasteiger charge is 2.30. The number of hydrogen-bond donors (Lipinski definition) is 3. The molecular weight excluding hydrogens is 411 g/mol. The lowest BCUT2D eigenvalue weighted by Crippen LogP contribution is -2.38. The summed E-state index contributed by atoms with van der Waals surface area (Å²) in [6, 6.07) is 4.15. The van der Waals surface area contributed by atoms with E-state index in [1.165, 1.54) is 13.8 Å². The van der Waals surface area contributed by atoms with Crippen LogP contribution in [0.4, 0.5) is 10.5 Å². The van der Waals surface area contributed by atoms with Crippen molar-refractivity contribution in [2.45, 2.75) is 20.3 Å². The van der Waals surface area contributed by atoms with E-state index in [0.29, 0.717) is 14.3 Å². The Hall–Kier alpha value is -1.35. The van der Waals surface area contributed by atoms with Crippen molar-refractivity contribution in [2.75, 3.05) is 5.32 Å². The standard InChI is InChI=1S/C13H14ClIN2O4/c1-13(2,11(19)20)6-10(18)17-12(21)16-9-4-3-7(14)5-8(9)15/h3-5H,6H2,1-2H3,(H,19,20)(H2,16,17,18,21). The lowest BCUT2D eigenvalue weighted by molar-refractivity contribution is -0.149. The Labute approximate surface area is 140 Å². The Bertz CT molecular complexity index is 590. The van der Waals surface area contributed by atoms with Crippen LogP contribution in [-0.2, 0) is 9.59 Å². The third kappa shape index (κ3) is 5.50. The van der Waals surface area contributed by atoms with Gasteiger partial charge in [-0.25, -0.2) is 4.79 Å². The zero-order valence-electron chi connectivity index (χ0n) is 11.4. The maximum absolute atomic E-state index is 11.7. The van der Waals surface area contributed by atoms with Crippen molar-refractivity contribution in [1.29, 1.82) is 0 Å². The molecule has 21 heavy (non-hydrogen) atoms. The summed E-state index contributed by atoms with van der Waals surface area (Å²) in [6.07, 6.45) is -0.298. The van der Waals surface area contributed by atoms with Crippen LogP contribution in [0.5, 0.6) is 0 Å². The minimum atomic E-state index is -1.24. The van der Waals surface area contributed by atoms with Crippen LogP contribution in [0.1, 0.15) is 20.3 Å². The summed E-state index contributed by atoms with van der Waals surface area (Å²) in [6.45, 7) is 2.82. The molecule has 114 valence electrons. The number of amides is 3. The van der Waals surface area contributed by atoms with Crippen LogP contribution in [0.15, 0.2) is 18.2 Å². The minimum absolute atomic E-state index is 0.298. The molecule has 0 saturated heterocycles. The zero-order valence-corrected chi connectivity index (χ0v) is 14.3. The lowest BCUT2D eigenvalue weighted by atomic mass is 9.89. The van der Waals surface area contributed by atoms with Crippen LogP contribution in [-0.4, -0.2) is 23.0 Å². The molecule has 0 aliphatic rings. The number of rotatable bonds is 4. The fourth-order valence-corrected chi connectivity index (χ4v) is 2.40. The van der Waals surface area contributed by atoms with Crippen LogP contribution in [0.3, 0.4) is 0 Å². The number of carbonyl (C=O) groups excluding carboxylic acids is 2. The SMILES string of the molecule is CC(C)(CC(=O)NC(=O)Nc1ccc(Cl)cc1I)C(=O)O. The molecule has 8 heteroatoms. The molecule has 0 spiro atoms. The van der Waals surface area contributed by atoms with Gasteiger partial charge in [0.1, 0.15) is 0 Å². The fourth-order valence-electron chi connectivity index (χ4n) is 1.39. The maximum Gasteiger partial charge on any atom is 0.325 e. The minimum Gasteiger partial charge on any atom is -0.481 e. The number of urea groups is 1. The van der Waals surface area contributed by atoms with E-state index in [9.17, 15) is 14.4 Å². The van der Waals surface area contributed by atoms with Crippen molar-refractivity contribution >= 4 is 57.8 Å². The van der Waals surface area contributed by atoms with Crippen LogP contribution < -0.4 is 10.6 Å². The summed E-state index contributed by atoms with van der Waals surface area (Å²) in [5, 5.41) is 14.1. The third-order valence-corrected chi connectivity index (χ3v) is 3.74. The Kier molecular flexibility index (Phi) is 5.97. The van der Waals surface area contributed by atoms with Gasteiger partial charge in [0.05, 0.1) is 11.1 Å². The second-order valence-electron chi connectivity index (χ2n) is 4.99. The molecule has 0 saturated carbocycles. The van der Waals surface area contributed by atoms with Gasteiger partial charge in [-0.05, 0) is 54.6 Å². The highest BCUT2D eigenvalue weighted by Crippen LogP contribution is 2.22. The first kappa shape index (κ1) is 17.7. The Balaban J connectivity index is 2.61. The van der Waals surface area contributed by atoms with E-state index in [-0.39, 0.29) is 6.42 Å². The van der Waals surface area contributed by atoms with Gasteiger partial charge < -0.3 is 10.4 Å². The molecule has 3 N–H and O–H groups in total. The average molecular weight is 425 g/mol. The van der Waals surface area contributed by atoms with Crippen LogP contribution in [0.2, 0.25) is 5.02 Å². The zero-order chi connectivity index (χ0) is 16.2. The third-order valence-electron chi connectivity index (χ3n) is 2.61. The molecule has 0 aliphatic heterocycles. The number of carbonyl (C=O) groups is 3. The molecule has 3 amide bonds. The van der Waals surface area contributed by atoms with E-state index in [1.54, 1.807) is 18.2 Å². The second kappa shape index (κ2) is 7.08. The van der Waals surface area contributed by atoms with Crippen LogP contribution in [0, 0.1) is 8.99 Å². The van der Waals surface area contributed by atoms with Gasteiger partial charge in [0, 0.05) is 15.0 Å². The van der Waals surface area contributed by atoms with Gasteiger partial charge in [0.15, 0.2) is 0 Å². The number of carboxylic acids is 1. The van der Waals surface area contributed by atoms with Crippen molar-refractivity contribution in [2.24, 2.45) is 5.41 Å². The molecule has 0 radical (unpaired) electrons. The summed E-state index contributed by atoms with van der Waals surface area (Å²) in [5.41, 5.74) is -0.734. The van der Waals surface area contributed by atoms with Gasteiger partial charge in [-0.1, -0.05) is 11.6 Å². The molecule has 1 aromatic carbocycles. The number of imide groups is 1. The van der Waals surface area contributed by atoms with Crippen molar-refractivity contribution in [3.8, 4) is 0 Å².